The molecule has 5 heteroatoms. The molecular weight excluding hydrogens is 358 g/mol. The normalized spacial score (nSPS) is 10.9. The number of nitrogens with one attached hydrogen (secondary N) is 1. The van der Waals surface area contributed by atoms with Gasteiger partial charge in [0.25, 0.3) is 0 Å². The van der Waals surface area contributed by atoms with Crippen LogP contribution in [0.2, 0.25) is 0 Å². The number of fused-ring (bicyclic) bond motifs is 1. The second-order valence-electron chi connectivity index (χ2n) is 6.63. The molecule has 0 radical (unpaired) electrons. The Labute approximate surface area is 163 Å². The second kappa shape index (κ2) is 8.44. The summed E-state index contributed by atoms with van der Waals surface area (Å²) in [5.74, 6) is 0.850. The van der Waals surface area contributed by atoms with Gasteiger partial charge in [-0.2, -0.15) is 0 Å². The molecule has 0 unspecified atom stereocenters. The number of amides is 1. The zero-order chi connectivity index (χ0) is 19.4. The van der Waals surface area contributed by atoms with Crippen molar-refractivity contribution in [1.29, 1.82) is 0 Å². The number of rotatable bonds is 6. The zero-order valence-electron chi connectivity index (χ0n) is 15.8. The van der Waals surface area contributed by atoms with E-state index in [1.165, 1.54) is 23.4 Å². The van der Waals surface area contributed by atoms with Crippen molar-refractivity contribution in [2.45, 2.75) is 32.9 Å². The first-order valence-electron chi connectivity index (χ1n) is 8.97. The fourth-order valence-electron chi connectivity index (χ4n) is 3.01. The van der Waals surface area contributed by atoms with Crippen molar-refractivity contribution in [1.82, 2.24) is 0 Å². The van der Waals surface area contributed by atoms with Gasteiger partial charge in [0.1, 0.15) is 5.58 Å². The van der Waals surface area contributed by atoms with Crippen LogP contribution in [0.4, 0.5) is 5.69 Å². The molecule has 4 nitrogen and oxygen atoms in total. The van der Waals surface area contributed by atoms with E-state index in [-0.39, 0.29) is 11.5 Å². The molecule has 1 N–H and O–H groups in total. The van der Waals surface area contributed by atoms with E-state index in [9.17, 15) is 9.59 Å². The van der Waals surface area contributed by atoms with Crippen molar-refractivity contribution >= 4 is 34.3 Å². The molecule has 2 aromatic carbocycles. The summed E-state index contributed by atoms with van der Waals surface area (Å²) in [7, 11) is 0. The van der Waals surface area contributed by atoms with Crippen LogP contribution in [0, 0.1) is 13.8 Å². The van der Waals surface area contributed by atoms with Gasteiger partial charge in [-0.25, -0.2) is 4.79 Å². The summed E-state index contributed by atoms with van der Waals surface area (Å²) in [6.45, 7) is 6.07. The van der Waals surface area contributed by atoms with Crippen LogP contribution in [0.1, 0.15) is 29.2 Å². The number of carbonyl (C=O) groups excluding carboxylic acids is 1. The fourth-order valence-corrected chi connectivity index (χ4v) is 3.83. The van der Waals surface area contributed by atoms with Crippen LogP contribution in [-0.2, 0) is 17.0 Å². The summed E-state index contributed by atoms with van der Waals surface area (Å²) < 4.78 is 5.33. The molecule has 1 amide bonds. The van der Waals surface area contributed by atoms with E-state index in [4.69, 9.17) is 4.42 Å². The number of hydrogen-bond donors (Lipinski definition) is 1. The van der Waals surface area contributed by atoms with E-state index >= 15 is 0 Å². The molecule has 0 saturated heterocycles. The van der Waals surface area contributed by atoms with Gasteiger partial charge in [0.15, 0.2) is 0 Å². The van der Waals surface area contributed by atoms with Crippen molar-refractivity contribution in [3.63, 3.8) is 0 Å². The van der Waals surface area contributed by atoms with E-state index in [2.05, 4.69) is 12.2 Å². The Balaban J connectivity index is 1.66. The van der Waals surface area contributed by atoms with Crippen molar-refractivity contribution < 1.29 is 9.21 Å². The average Bonchev–Trinajstić information content (AvgIpc) is 2.63. The molecule has 0 atom stereocenters. The van der Waals surface area contributed by atoms with Crippen LogP contribution in [0.25, 0.3) is 11.0 Å². The molecule has 140 valence electrons. The largest absolute Gasteiger partial charge is 0.423 e. The van der Waals surface area contributed by atoms with Crippen LogP contribution in [0.5, 0.6) is 0 Å². The van der Waals surface area contributed by atoms with Gasteiger partial charge in [-0.05, 0) is 49.1 Å². The molecule has 0 aliphatic heterocycles. The highest BCUT2D eigenvalue weighted by atomic mass is 32.2. The SMILES string of the molecule is CCc1ccc2c(CSCC(=O)Nc3ccc(C)cc3C)cc(=O)oc2c1. The fraction of sp³-hybridized carbons (Fsp3) is 0.273. The third-order valence-corrected chi connectivity index (χ3v) is 5.43. The Bertz CT molecular complexity index is 1040. The highest BCUT2D eigenvalue weighted by Gasteiger charge is 2.09. The Morgan fingerprint density at radius 2 is 1.93 bits per heavy atom. The Morgan fingerprint density at radius 1 is 1.11 bits per heavy atom. The van der Waals surface area contributed by atoms with Crippen LogP contribution in [-0.4, -0.2) is 11.7 Å². The van der Waals surface area contributed by atoms with Gasteiger partial charge < -0.3 is 9.73 Å². The van der Waals surface area contributed by atoms with Gasteiger partial charge in [0, 0.05) is 22.9 Å². The smallest absolute Gasteiger partial charge is 0.336 e. The summed E-state index contributed by atoms with van der Waals surface area (Å²) in [6, 6.07) is 13.4. The van der Waals surface area contributed by atoms with Gasteiger partial charge in [0.05, 0.1) is 5.75 Å². The summed E-state index contributed by atoms with van der Waals surface area (Å²) in [5.41, 5.74) is 5.33. The molecule has 1 aromatic heterocycles. The maximum Gasteiger partial charge on any atom is 0.336 e. The Kier molecular flexibility index (Phi) is 6.01. The second-order valence-corrected chi connectivity index (χ2v) is 7.62. The van der Waals surface area contributed by atoms with E-state index in [0.717, 1.165) is 34.2 Å². The zero-order valence-corrected chi connectivity index (χ0v) is 16.6. The summed E-state index contributed by atoms with van der Waals surface area (Å²) in [6.07, 6.45) is 0.886. The van der Waals surface area contributed by atoms with Crippen LogP contribution < -0.4 is 10.9 Å². The van der Waals surface area contributed by atoms with E-state index in [1.807, 2.05) is 50.2 Å². The predicted octanol–water partition coefficient (Wildman–Crippen LogP) is 4.84. The minimum Gasteiger partial charge on any atom is -0.423 e. The average molecular weight is 381 g/mol. The van der Waals surface area contributed by atoms with Gasteiger partial charge in [-0.1, -0.05) is 36.8 Å². The third kappa shape index (κ3) is 4.80. The molecule has 0 spiro atoms. The summed E-state index contributed by atoms with van der Waals surface area (Å²) in [4.78, 5) is 24.1. The minimum absolute atomic E-state index is 0.0486. The van der Waals surface area contributed by atoms with Crippen molar-refractivity contribution in [3.05, 3.63) is 75.1 Å². The Hall–Kier alpha value is -2.53. The van der Waals surface area contributed by atoms with E-state index < -0.39 is 0 Å². The van der Waals surface area contributed by atoms with Crippen LogP contribution in [0.15, 0.2) is 51.7 Å². The molecule has 0 aliphatic rings. The lowest BCUT2D eigenvalue weighted by Crippen LogP contribution is -2.15. The summed E-state index contributed by atoms with van der Waals surface area (Å²) in [5, 5.41) is 3.87. The number of aryl methyl sites for hydroxylation is 3. The van der Waals surface area contributed by atoms with Crippen molar-refractivity contribution in [2.75, 3.05) is 11.1 Å². The lowest BCUT2D eigenvalue weighted by atomic mass is 10.1. The minimum atomic E-state index is -0.355. The van der Waals surface area contributed by atoms with Gasteiger partial charge in [0.2, 0.25) is 5.91 Å². The molecule has 0 bridgehead atoms. The monoisotopic (exact) mass is 381 g/mol. The molecule has 27 heavy (non-hydrogen) atoms. The molecule has 0 aliphatic carbocycles. The van der Waals surface area contributed by atoms with Gasteiger partial charge in [-0.15, -0.1) is 11.8 Å². The first-order chi connectivity index (χ1) is 13.0. The highest BCUT2D eigenvalue weighted by molar-refractivity contribution is 7.99. The molecule has 3 rings (SSSR count). The first-order valence-corrected chi connectivity index (χ1v) is 10.1. The lowest BCUT2D eigenvalue weighted by Gasteiger charge is -2.10. The van der Waals surface area contributed by atoms with Gasteiger partial charge >= 0.3 is 5.63 Å². The topological polar surface area (TPSA) is 59.3 Å². The molecule has 3 aromatic rings. The van der Waals surface area contributed by atoms with Crippen molar-refractivity contribution in [3.8, 4) is 0 Å². The van der Waals surface area contributed by atoms with Crippen LogP contribution in [0.3, 0.4) is 0 Å². The lowest BCUT2D eigenvalue weighted by molar-refractivity contribution is -0.113. The number of thioether (sulfide) groups is 1. The number of anilines is 1. The van der Waals surface area contributed by atoms with Gasteiger partial charge in [-0.3, -0.25) is 4.79 Å². The highest BCUT2D eigenvalue weighted by Crippen LogP contribution is 2.23. The van der Waals surface area contributed by atoms with E-state index in [0.29, 0.717) is 17.1 Å². The quantitative estimate of drug-likeness (QED) is 0.621. The van der Waals surface area contributed by atoms with E-state index in [1.54, 1.807) is 0 Å². The Morgan fingerprint density at radius 3 is 2.67 bits per heavy atom. The molecule has 1 heterocycles. The third-order valence-electron chi connectivity index (χ3n) is 4.45. The standard InChI is InChI=1S/C22H23NO3S/c1-4-16-6-7-18-17(11-22(25)26-20(18)10-16)12-27-13-21(24)23-19-8-5-14(2)9-15(19)3/h5-11H,4,12-13H2,1-3H3,(H,23,24). The maximum absolute atomic E-state index is 12.2. The predicted molar refractivity (Wildman–Crippen MR) is 113 cm³/mol. The molecule has 0 saturated carbocycles. The number of carbonyl (C=O) groups is 1. The maximum atomic E-state index is 12.2. The number of benzene rings is 2. The molecule has 0 fully saturated rings. The first kappa shape index (κ1) is 19.2. The van der Waals surface area contributed by atoms with Crippen molar-refractivity contribution in [2.24, 2.45) is 0 Å². The summed E-state index contributed by atoms with van der Waals surface area (Å²) >= 11 is 1.48. The molecular formula is C22H23NO3S. The van der Waals surface area contributed by atoms with Crippen LogP contribution >= 0.6 is 11.8 Å². The number of hydrogen-bond acceptors (Lipinski definition) is 4.